The first-order valence-corrected chi connectivity index (χ1v) is 5.16. The van der Waals surface area contributed by atoms with Gasteiger partial charge >= 0.3 is 5.97 Å². The second kappa shape index (κ2) is 5.76. The molecule has 7 nitrogen and oxygen atoms in total. The highest BCUT2D eigenvalue weighted by Gasteiger charge is 2.31. The van der Waals surface area contributed by atoms with E-state index >= 15 is 0 Å². The average Bonchev–Trinajstić information content (AvgIpc) is 2.39. The zero-order valence-corrected chi connectivity index (χ0v) is 9.99. The summed E-state index contributed by atoms with van der Waals surface area (Å²) in [6.07, 6.45) is -2.31. The van der Waals surface area contributed by atoms with Crippen molar-refractivity contribution in [3.63, 3.8) is 0 Å². The van der Waals surface area contributed by atoms with Crippen molar-refractivity contribution in [1.29, 1.82) is 0 Å². The van der Waals surface area contributed by atoms with Gasteiger partial charge in [-0.15, -0.1) is 0 Å². The van der Waals surface area contributed by atoms with Gasteiger partial charge in [0.15, 0.2) is 6.10 Å². The summed E-state index contributed by atoms with van der Waals surface area (Å²) in [5.74, 6) is -1.42. The third kappa shape index (κ3) is 2.58. The number of ether oxygens (including phenoxy) is 1. The average molecular weight is 257 g/mol. The highest BCUT2D eigenvalue weighted by molar-refractivity contribution is 5.75. The Labute approximate surface area is 103 Å². The lowest BCUT2D eigenvalue weighted by Crippen LogP contribution is -2.30. The minimum Gasteiger partial charge on any atom is -0.506 e. The van der Waals surface area contributed by atoms with Gasteiger partial charge in [0.1, 0.15) is 11.9 Å². The van der Waals surface area contributed by atoms with Crippen LogP contribution in [0.4, 0.5) is 0 Å². The monoisotopic (exact) mass is 257 g/mol. The molecule has 0 saturated heterocycles. The van der Waals surface area contributed by atoms with E-state index in [-0.39, 0.29) is 22.6 Å². The van der Waals surface area contributed by atoms with Crippen LogP contribution in [-0.2, 0) is 16.1 Å². The second-order valence-electron chi connectivity index (χ2n) is 3.70. The Morgan fingerprint density at radius 1 is 1.50 bits per heavy atom. The van der Waals surface area contributed by atoms with E-state index in [0.717, 1.165) is 7.11 Å². The number of aromatic hydroxyl groups is 1. The van der Waals surface area contributed by atoms with Gasteiger partial charge < -0.3 is 25.2 Å². The van der Waals surface area contributed by atoms with E-state index < -0.39 is 24.8 Å². The molecule has 100 valence electrons. The lowest BCUT2D eigenvalue weighted by atomic mass is 9.98. The number of aryl methyl sites for hydroxylation is 1. The van der Waals surface area contributed by atoms with Crippen molar-refractivity contribution in [2.24, 2.45) is 0 Å². The fourth-order valence-corrected chi connectivity index (χ4v) is 1.52. The maximum absolute atomic E-state index is 11.1. The Morgan fingerprint density at radius 2 is 2.11 bits per heavy atom. The molecule has 0 radical (unpaired) electrons. The lowest BCUT2D eigenvalue weighted by molar-refractivity contribution is -0.156. The van der Waals surface area contributed by atoms with E-state index in [2.05, 4.69) is 9.72 Å². The minimum atomic E-state index is -1.85. The van der Waals surface area contributed by atoms with E-state index in [1.54, 1.807) is 0 Å². The standard InChI is InChI=1S/C11H15NO6/c1-5-8(14)7(6(4-13)3-12-5)9(15)10(16)11(17)18-2/h3,9-10,13-16H,4H2,1-2H3. The summed E-state index contributed by atoms with van der Waals surface area (Å²) in [5, 5.41) is 38.3. The molecule has 7 heteroatoms. The van der Waals surface area contributed by atoms with Gasteiger partial charge in [-0.1, -0.05) is 0 Å². The van der Waals surface area contributed by atoms with Crippen LogP contribution >= 0.6 is 0 Å². The summed E-state index contributed by atoms with van der Waals surface area (Å²) in [5.41, 5.74) is 0.190. The first kappa shape index (κ1) is 14.4. The summed E-state index contributed by atoms with van der Waals surface area (Å²) in [7, 11) is 1.06. The fourth-order valence-electron chi connectivity index (χ4n) is 1.52. The topological polar surface area (TPSA) is 120 Å². The number of carbonyl (C=O) groups is 1. The summed E-state index contributed by atoms with van der Waals surface area (Å²) < 4.78 is 4.29. The van der Waals surface area contributed by atoms with E-state index in [1.165, 1.54) is 13.1 Å². The molecule has 0 spiro atoms. The summed E-state index contributed by atoms with van der Waals surface area (Å²) >= 11 is 0. The largest absolute Gasteiger partial charge is 0.506 e. The smallest absolute Gasteiger partial charge is 0.337 e. The van der Waals surface area contributed by atoms with Crippen molar-refractivity contribution in [3.05, 3.63) is 23.0 Å². The van der Waals surface area contributed by atoms with Crippen LogP contribution < -0.4 is 0 Å². The molecule has 1 heterocycles. The number of nitrogens with zero attached hydrogens (tertiary/aromatic N) is 1. The Kier molecular flexibility index (Phi) is 4.60. The Bertz CT molecular complexity index is 447. The number of hydrogen-bond donors (Lipinski definition) is 4. The second-order valence-corrected chi connectivity index (χ2v) is 3.70. The van der Waals surface area contributed by atoms with Gasteiger partial charge in [0.25, 0.3) is 0 Å². The molecule has 0 saturated carbocycles. The summed E-state index contributed by atoms with van der Waals surface area (Å²) in [6, 6.07) is 0. The molecule has 0 aliphatic carbocycles. The molecule has 1 aromatic rings. The fraction of sp³-hybridized carbons (Fsp3) is 0.455. The first-order valence-electron chi connectivity index (χ1n) is 5.16. The quantitative estimate of drug-likeness (QED) is 0.519. The molecule has 4 N–H and O–H groups in total. The number of rotatable bonds is 4. The van der Waals surface area contributed by atoms with Crippen LogP contribution in [0.1, 0.15) is 22.9 Å². The number of esters is 1. The minimum absolute atomic E-state index is 0.119. The van der Waals surface area contributed by atoms with Crippen molar-refractivity contribution < 1.29 is 30.0 Å². The Morgan fingerprint density at radius 3 is 2.61 bits per heavy atom. The van der Waals surface area contributed by atoms with Gasteiger partial charge in [0.05, 0.1) is 19.4 Å². The van der Waals surface area contributed by atoms with Gasteiger partial charge in [-0.3, -0.25) is 4.98 Å². The number of aliphatic hydroxyl groups excluding tert-OH is 3. The summed E-state index contributed by atoms with van der Waals surface area (Å²) in [4.78, 5) is 14.9. The van der Waals surface area contributed by atoms with E-state index in [1.807, 2.05) is 0 Å². The summed E-state index contributed by atoms with van der Waals surface area (Å²) in [6.45, 7) is 0.984. The number of pyridine rings is 1. The molecule has 2 unspecified atom stereocenters. The first-order chi connectivity index (χ1) is 8.43. The van der Waals surface area contributed by atoms with Crippen LogP contribution in [0.15, 0.2) is 6.20 Å². The van der Waals surface area contributed by atoms with Gasteiger partial charge in [0.2, 0.25) is 0 Å². The van der Waals surface area contributed by atoms with E-state index in [4.69, 9.17) is 5.11 Å². The third-order valence-electron chi connectivity index (χ3n) is 2.57. The van der Waals surface area contributed by atoms with Gasteiger partial charge in [-0.25, -0.2) is 4.79 Å². The zero-order chi connectivity index (χ0) is 13.9. The van der Waals surface area contributed by atoms with E-state index in [0.29, 0.717) is 0 Å². The number of methoxy groups -OCH3 is 1. The molecule has 0 aromatic carbocycles. The molecular weight excluding hydrogens is 242 g/mol. The maximum Gasteiger partial charge on any atom is 0.337 e. The van der Waals surface area contributed by atoms with Crippen LogP contribution in [0.25, 0.3) is 0 Å². The molecule has 1 rings (SSSR count). The predicted molar refractivity (Wildman–Crippen MR) is 59.5 cm³/mol. The predicted octanol–water partition coefficient (Wildman–Crippen LogP) is -0.845. The van der Waals surface area contributed by atoms with Gasteiger partial charge in [-0.05, 0) is 6.92 Å². The highest BCUT2D eigenvalue weighted by atomic mass is 16.5. The highest BCUT2D eigenvalue weighted by Crippen LogP contribution is 2.31. The van der Waals surface area contributed by atoms with Crippen molar-refractivity contribution in [3.8, 4) is 5.75 Å². The number of aromatic nitrogens is 1. The molecule has 0 aliphatic heterocycles. The van der Waals surface area contributed by atoms with E-state index in [9.17, 15) is 20.1 Å². The van der Waals surface area contributed by atoms with Crippen molar-refractivity contribution >= 4 is 5.97 Å². The normalized spacial score (nSPS) is 14.1. The van der Waals surface area contributed by atoms with Crippen LogP contribution in [0.2, 0.25) is 0 Å². The van der Waals surface area contributed by atoms with Crippen LogP contribution in [0.3, 0.4) is 0 Å². The SMILES string of the molecule is COC(=O)C(O)C(O)c1c(CO)cnc(C)c1O. The molecular formula is C11H15NO6. The number of hydrogen-bond acceptors (Lipinski definition) is 7. The Hall–Kier alpha value is -1.70. The van der Waals surface area contributed by atoms with Gasteiger partial charge in [0, 0.05) is 17.3 Å². The zero-order valence-electron chi connectivity index (χ0n) is 9.99. The van der Waals surface area contributed by atoms with Crippen LogP contribution in [-0.4, -0.2) is 44.6 Å². The van der Waals surface area contributed by atoms with Crippen molar-refractivity contribution in [2.45, 2.75) is 25.7 Å². The van der Waals surface area contributed by atoms with Crippen LogP contribution in [0.5, 0.6) is 5.75 Å². The number of carbonyl (C=O) groups excluding carboxylic acids is 1. The maximum atomic E-state index is 11.1. The number of aliphatic hydroxyl groups is 3. The third-order valence-corrected chi connectivity index (χ3v) is 2.57. The van der Waals surface area contributed by atoms with Gasteiger partial charge in [-0.2, -0.15) is 0 Å². The molecule has 0 fully saturated rings. The molecule has 1 aromatic heterocycles. The van der Waals surface area contributed by atoms with Crippen LogP contribution in [0, 0.1) is 6.92 Å². The molecule has 0 aliphatic rings. The van der Waals surface area contributed by atoms with Crippen molar-refractivity contribution in [1.82, 2.24) is 4.98 Å². The molecule has 0 bridgehead atoms. The van der Waals surface area contributed by atoms with Crippen molar-refractivity contribution in [2.75, 3.05) is 7.11 Å². The molecule has 2 atom stereocenters. The Balaban J connectivity index is 3.22. The lowest BCUT2D eigenvalue weighted by Gasteiger charge is -2.20. The molecule has 0 amide bonds. The molecule has 18 heavy (non-hydrogen) atoms.